The molecule has 0 aromatic heterocycles. The van der Waals surface area contributed by atoms with E-state index >= 15 is 0 Å². The Morgan fingerprint density at radius 3 is 2.31 bits per heavy atom. The predicted molar refractivity (Wildman–Crippen MR) is 134 cm³/mol. The Hall–Kier alpha value is -3.97. The Kier molecular flexibility index (Phi) is 6.98. The molecule has 7 heteroatoms. The number of hydroxylamine groups is 1. The molecule has 1 aliphatic rings. The van der Waals surface area contributed by atoms with Crippen LogP contribution < -0.4 is 5.48 Å². The third kappa shape index (κ3) is 4.19. The first-order chi connectivity index (χ1) is 16.9. The summed E-state index contributed by atoms with van der Waals surface area (Å²) in [6.45, 7) is 4.15. The van der Waals surface area contributed by atoms with Crippen molar-refractivity contribution in [2.75, 3.05) is 13.7 Å². The molecular formula is C28H29N3O4. The highest BCUT2D eigenvalue weighted by Crippen LogP contribution is 2.41. The zero-order valence-corrected chi connectivity index (χ0v) is 20.1. The second-order valence-electron chi connectivity index (χ2n) is 8.66. The lowest BCUT2D eigenvalue weighted by atomic mass is 9.76. The summed E-state index contributed by atoms with van der Waals surface area (Å²) >= 11 is 0. The number of likely N-dealkylation sites (tertiary alicyclic amines) is 1. The van der Waals surface area contributed by atoms with Crippen molar-refractivity contribution in [2.45, 2.75) is 31.7 Å². The van der Waals surface area contributed by atoms with Crippen LogP contribution in [0, 0.1) is 6.92 Å². The van der Waals surface area contributed by atoms with E-state index in [9.17, 15) is 14.8 Å². The Morgan fingerprint density at radius 1 is 1.03 bits per heavy atom. The van der Waals surface area contributed by atoms with E-state index in [1.807, 2.05) is 80.6 Å². The van der Waals surface area contributed by atoms with Crippen molar-refractivity contribution in [1.82, 2.24) is 10.4 Å². The van der Waals surface area contributed by atoms with E-state index in [4.69, 9.17) is 4.84 Å². The van der Waals surface area contributed by atoms with Crippen LogP contribution in [-0.2, 0) is 9.63 Å². The molecule has 0 spiro atoms. The second-order valence-corrected chi connectivity index (χ2v) is 8.66. The summed E-state index contributed by atoms with van der Waals surface area (Å²) in [7, 11) is 1.40. The maximum atomic E-state index is 13.9. The molecule has 2 atom stereocenters. The second kappa shape index (κ2) is 10.1. The van der Waals surface area contributed by atoms with E-state index in [0.29, 0.717) is 17.7 Å². The lowest BCUT2D eigenvalue weighted by Crippen LogP contribution is -2.63. The van der Waals surface area contributed by atoms with Crippen molar-refractivity contribution < 1.29 is 19.6 Å². The van der Waals surface area contributed by atoms with Crippen LogP contribution >= 0.6 is 0 Å². The number of hydrogen-bond acceptors (Lipinski definition) is 5. The summed E-state index contributed by atoms with van der Waals surface area (Å²) < 4.78 is 0. The van der Waals surface area contributed by atoms with Crippen LogP contribution in [0.25, 0.3) is 11.1 Å². The molecule has 3 aromatic rings. The quantitative estimate of drug-likeness (QED) is 0.407. The maximum Gasteiger partial charge on any atom is 0.275 e. The fraction of sp³-hybridized carbons (Fsp3) is 0.250. The van der Waals surface area contributed by atoms with Gasteiger partial charge in [-0.1, -0.05) is 78.8 Å². The average molecular weight is 472 g/mol. The molecule has 2 N–H and O–H groups in total. The highest BCUT2D eigenvalue weighted by molar-refractivity contribution is 6.18. The predicted octanol–water partition coefficient (Wildman–Crippen LogP) is 4.56. The van der Waals surface area contributed by atoms with Gasteiger partial charge < -0.3 is 9.74 Å². The fourth-order valence-electron chi connectivity index (χ4n) is 5.07. The SMILES string of the molecule is CON=C1CCN(C(=O)c2ccc(-c3ccccc3C)cc2)[C@@]1(C(=O)NO)C(C)c1ccccc1. The standard InChI is InChI=1S/C28H29N3O4/c1-19-9-7-8-12-24(19)22-13-15-23(16-14-22)26(32)31-18-17-25(30-35-3)28(31,27(33)29-34)20(2)21-10-5-4-6-11-21/h4-16,20,34H,17-18H2,1-3H3,(H,29,33)/t20?,28-/m0/s1. The summed E-state index contributed by atoms with van der Waals surface area (Å²) in [6, 6.07) is 24.8. The minimum atomic E-state index is -1.56. The van der Waals surface area contributed by atoms with Crippen molar-refractivity contribution in [2.24, 2.45) is 5.16 Å². The number of benzene rings is 3. The molecule has 1 aliphatic heterocycles. The van der Waals surface area contributed by atoms with E-state index in [1.54, 1.807) is 17.6 Å². The van der Waals surface area contributed by atoms with Gasteiger partial charge in [0.05, 0.1) is 5.71 Å². The summed E-state index contributed by atoms with van der Waals surface area (Å²) in [5, 5.41) is 13.9. The van der Waals surface area contributed by atoms with Gasteiger partial charge in [-0.05, 0) is 41.3 Å². The molecule has 0 saturated carbocycles. The molecule has 180 valence electrons. The third-order valence-electron chi connectivity index (χ3n) is 6.85. The van der Waals surface area contributed by atoms with Crippen LogP contribution in [0.5, 0.6) is 0 Å². The fourth-order valence-corrected chi connectivity index (χ4v) is 5.07. The summed E-state index contributed by atoms with van der Waals surface area (Å²) in [4.78, 5) is 33.8. The zero-order chi connectivity index (χ0) is 25.0. The maximum absolute atomic E-state index is 13.9. The van der Waals surface area contributed by atoms with Crippen molar-refractivity contribution in [1.29, 1.82) is 0 Å². The molecule has 1 unspecified atom stereocenters. The van der Waals surface area contributed by atoms with Crippen molar-refractivity contribution in [3.8, 4) is 11.1 Å². The van der Waals surface area contributed by atoms with Crippen LogP contribution in [0.3, 0.4) is 0 Å². The van der Waals surface area contributed by atoms with Gasteiger partial charge in [-0.2, -0.15) is 0 Å². The lowest BCUT2D eigenvalue weighted by molar-refractivity contribution is -0.137. The molecule has 4 rings (SSSR count). The largest absolute Gasteiger partial charge is 0.399 e. The highest BCUT2D eigenvalue weighted by Gasteiger charge is 2.59. The molecule has 2 amide bonds. The lowest BCUT2D eigenvalue weighted by Gasteiger charge is -2.41. The van der Waals surface area contributed by atoms with Crippen LogP contribution in [0.4, 0.5) is 0 Å². The molecule has 35 heavy (non-hydrogen) atoms. The van der Waals surface area contributed by atoms with Crippen molar-refractivity contribution in [3.63, 3.8) is 0 Å². The summed E-state index contributed by atoms with van der Waals surface area (Å²) in [6.07, 6.45) is 0.339. The normalized spacial score (nSPS) is 19.4. The first-order valence-electron chi connectivity index (χ1n) is 11.5. The monoisotopic (exact) mass is 471 g/mol. The van der Waals surface area contributed by atoms with Crippen LogP contribution in [0.15, 0.2) is 84.0 Å². The first kappa shape index (κ1) is 24.2. The topological polar surface area (TPSA) is 91.2 Å². The number of nitrogens with zero attached hydrogens (tertiary/aromatic N) is 2. The third-order valence-corrected chi connectivity index (χ3v) is 6.85. The van der Waals surface area contributed by atoms with E-state index in [2.05, 4.69) is 5.16 Å². The van der Waals surface area contributed by atoms with Crippen molar-refractivity contribution in [3.05, 3.63) is 95.6 Å². The minimum Gasteiger partial charge on any atom is -0.399 e. The molecule has 3 aromatic carbocycles. The number of amides is 2. The Labute approximate surface area is 205 Å². The van der Waals surface area contributed by atoms with Gasteiger partial charge in [-0.15, -0.1) is 0 Å². The van der Waals surface area contributed by atoms with Gasteiger partial charge in [0, 0.05) is 24.4 Å². The smallest absolute Gasteiger partial charge is 0.275 e. The van der Waals surface area contributed by atoms with Gasteiger partial charge in [0.25, 0.3) is 11.8 Å². The Balaban J connectivity index is 1.78. The molecule has 0 aliphatic carbocycles. The Bertz CT molecular complexity index is 1240. The minimum absolute atomic E-state index is 0.255. The van der Waals surface area contributed by atoms with Gasteiger partial charge in [0.15, 0.2) is 5.54 Å². The Morgan fingerprint density at radius 2 is 1.69 bits per heavy atom. The van der Waals surface area contributed by atoms with E-state index in [1.165, 1.54) is 12.0 Å². The highest BCUT2D eigenvalue weighted by atomic mass is 16.6. The molecule has 1 heterocycles. The number of rotatable bonds is 6. The number of carbonyl (C=O) groups is 2. The van der Waals surface area contributed by atoms with Crippen LogP contribution in [0.1, 0.15) is 40.7 Å². The number of carbonyl (C=O) groups excluding carboxylic acids is 2. The number of hydrogen-bond donors (Lipinski definition) is 2. The van der Waals surface area contributed by atoms with Crippen LogP contribution in [-0.4, -0.2) is 46.8 Å². The van der Waals surface area contributed by atoms with Gasteiger partial charge in [0.1, 0.15) is 7.11 Å². The van der Waals surface area contributed by atoms with Crippen LogP contribution in [0.2, 0.25) is 0 Å². The van der Waals surface area contributed by atoms with Crippen molar-refractivity contribution >= 4 is 17.5 Å². The average Bonchev–Trinajstić information content (AvgIpc) is 3.28. The number of nitrogens with one attached hydrogen (secondary N) is 1. The molecule has 1 saturated heterocycles. The first-order valence-corrected chi connectivity index (χ1v) is 11.5. The van der Waals surface area contributed by atoms with Gasteiger partial charge in [0.2, 0.25) is 0 Å². The molecule has 1 fully saturated rings. The van der Waals surface area contributed by atoms with E-state index in [-0.39, 0.29) is 12.5 Å². The van der Waals surface area contributed by atoms with E-state index < -0.39 is 17.4 Å². The molecule has 7 nitrogen and oxygen atoms in total. The van der Waals surface area contributed by atoms with Gasteiger partial charge in [-0.25, -0.2) is 5.48 Å². The molecular weight excluding hydrogens is 442 g/mol. The summed E-state index contributed by atoms with van der Waals surface area (Å²) in [5.74, 6) is -1.57. The summed E-state index contributed by atoms with van der Waals surface area (Å²) in [5.41, 5.74) is 5.12. The van der Waals surface area contributed by atoms with Gasteiger partial charge >= 0.3 is 0 Å². The number of oxime groups is 1. The molecule has 0 radical (unpaired) electrons. The van der Waals surface area contributed by atoms with Gasteiger partial charge in [-0.3, -0.25) is 14.8 Å². The number of aryl methyl sites for hydroxylation is 1. The zero-order valence-electron chi connectivity index (χ0n) is 20.1. The molecule has 0 bridgehead atoms. The van der Waals surface area contributed by atoms with E-state index in [0.717, 1.165) is 22.3 Å².